The van der Waals surface area contributed by atoms with E-state index in [1.54, 1.807) is 6.07 Å². The van der Waals surface area contributed by atoms with Gasteiger partial charge in [-0.15, -0.1) is 4.73 Å². The molecule has 33 heavy (non-hydrogen) atoms. The number of fused-ring (bicyclic) bond motifs is 1. The van der Waals surface area contributed by atoms with E-state index in [9.17, 15) is 13.0 Å². The number of halogens is 3. The van der Waals surface area contributed by atoms with Crippen molar-refractivity contribution >= 4 is 33.4 Å². The number of nitrogens with zero attached hydrogens (tertiary/aromatic N) is 3. The van der Waals surface area contributed by atoms with Crippen LogP contribution in [0.15, 0.2) is 66.0 Å². The Morgan fingerprint density at radius 3 is 2.64 bits per heavy atom. The summed E-state index contributed by atoms with van der Waals surface area (Å²) in [5, 5.41) is 0.176. The normalized spacial score (nSPS) is 12.2. The van der Waals surface area contributed by atoms with Gasteiger partial charge in [0.25, 0.3) is 0 Å². The Labute approximate surface area is 195 Å². The number of rotatable bonds is 9. The summed E-state index contributed by atoms with van der Waals surface area (Å²) in [5.74, 6) is 0.700. The number of alkyl halides is 2. The van der Waals surface area contributed by atoms with E-state index < -0.39 is 17.4 Å². The lowest BCUT2D eigenvalue weighted by Gasteiger charge is -2.12. The van der Waals surface area contributed by atoms with Crippen LogP contribution in [-0.2, 0) is 23.2 Å². The lowest BCUT2D eigenvalue weighted by atomic mass is 10.2. The van der Waals surface area contributed by atoms with Crippen molar-refractivity contribution in [3.63, 3.8) is 0 Å². The Balaban J connectivity index is 1.60. The van der Waals surface area contributed by atoms with Gasteiger partial charge < -0.3 is 14.3 Å². The predicted octanol–water partition coefficient (Wildman–Crippen LogP) is 4.63. The maximum atomic E-state index is 13.1. The number of benzene rings is 2. The number of pyridine rings is 1. The van der Waals surface area contributed by atoms with Crippen molar-refractivity contribution in [2.45, 2.75) is 24.1 Å². The van der Waals surface area contributed by atoms with Gasteiger partial charge in [0.2, 0.25) is 5.16 Å². The van der Waals surface area contributed by atoms with Gasteiger partial charge >= 0.3 is 6.61 Å². The van der Waals surface area contributed by atoms with Crippen LogP contribution in [0.3, 0.4) is 0 Å². The summed E-state index contributed by atoms with van der Waals surface area (Å²) in [7, 11) is -0.381. The smallest absolute Gasteiger partial charge is 0.405 e. The molecule has 1 unspecified atom stereocenters. The zero-order valence-corrected chi connectivity index (χ0v) is 18.9. The zero-order valence-electron chi connectivity index (χ0n) is 17.3. The summed E-state index contributed by atoms with van der Waals surface area (Å²) in [6.07, 6.45) is 1.45. The molecule has 2 heterocycles. The van der Waals surface area contributed by atoms with E-state index in [0.717, 1.165) is 10.3 Å². The molecule has 0 fully saturated rings. The highest BCUT2D eigenvalue weighted by Gasteiger charge is 2.22. The standard InChI is InChI=1S/C22H18ClF2N3O4S/c1-30-20-11-26-16(10-19(20)31-12-14-5-3-2-4-6-14)13-33(29)22-27-17-9-15(23)7-8-18(17)28(22)32-21(24)25/h2-11,21H,12-13H2,1H3. The summed E-state index contributed by atoms with van der Waals surface area (Å²) in [5.41, 5.74) is 1.85. The van der Waals surface area contributed by atoms with Gasteiger partial charge in [-0.05, 0) is 23.8 Å². The predicted molar refractivity (Wildman–Crippen MR) is 119 cm³/mol. The number of aromatic nitrogens is 3. The maximum absolute atomic E-state index is 13.1. The highest BCUT2D eigenvalue weighted by molar-refractivity contribution is 7.84. The molecule has 0 spiro atoms. The van der Waals surface area contributed by atoms with Crippen LogP contribution < -0.4 is 14.3 Å². The summed E-state index contributed by atoms with van der Waals surface area (Å²) < 4.78 is 51.0. The zero-order chi connectivity index (χ0) is 23.4. The van der Waals surface area contributed by atoms with Crippen LogP contribution >= 0.6 is 11.6 Å². The molecule has 0 aliphatic rings. The van der Waals surface area contributed by atoms with Crippen LogP contribution in [0.5, 0.6) is 11.5 Å². The average Bonchev–Trinajstić information content (AvgIpc) is 3.15. The monoisotopic (exact) mass is 493 g/mol. The van der Waals surface area contributed by atoms with Crippen molar-refractivity contribution in [1.82, 2.24) is 14.7 Å². The fourth-order valence-electron chi connectivity index (χ4n) is 3.08. The van der Waals surface area contributed by atoms with E-state index in [2.05, 4.69) is 14.8 Å². The minimum Gasteiger partial charge on any atom is -0.491 e. The van der Waals surface area contributed by atoms with Gasteiger partial charge in [-0.25, -0.2) is 4.98 Å². The Hall–Kier alpha value is -3.24. The van der Waals surface area contributed by atoms with Gasteiger partial charge in [0.05, 0.1) is 41.1 Å². The van der Waals surface area contributed by atoms with Crippen LogP contribution in [0.4, 0.5) is 8.78 Å². The number of imidazole rings is 1. The van der Waals surface area contributed by atoms with Gasteiger partial charge in [0.1, 0.15) is 12.1 Å². The van der Waals surface area contributed by atoms with E-state index in [1.165, 1.54) is 31.5 Å². The highest BCUT2D eigenvalue weighted by Crippen LogP contribution is 2.29. The first-order valence-corrected chi connectivity index (χ1v) is 11.4. The van der Waals surface area contributed by atoms with E-state index in [4.69, 9.17) is 21.1 Å². The Morgan fingerprint density at radius 1 is 1.12 bits per heavy atom. The van der Waals surface area contributed by atoms with Crippen molar-refractivity contribution in [3.8, 4) is 11.5 Å². The van der Waals surface area contributed by atoms with Crippen LogP contribution in [0.1, 0.15) is 11.3 Å². The summed E-state index contributed by atoms with van der Waals surface area (Å²) in [6, 6.07) is 15.6. The molecule has 0 N–H and O–H groups in total. The minimum absolute atomic E-state index is 0.116. The molecular weight excluding hydrogens is 476 g/mol. The van der Waals surface area contributed by atoms with Gasteiger partial charge in [-0.2, -0.15) is 8.78 Å². The van der Waals surface area contributed by atoms with Gasteiger partial charge in [0, 0.05) is 11.1 Å². The number of hydrogen-bond acceptors (Lipinski definition) is 6. The Kier molecular flexibility index (Phi) is 7.05. The summed E-state index contributed by atoms with van der Waals surface area (Å²) in [6.45, 7) is -2.84. The largest absolute Gasteiger partial charge is 0.491 e. The van der Waals surface area contributed by atoms with E-state index in [0.29, 0.717) is 28.8 Å². The first kappa shape index (κ1) is 22.9. The van der Waals surface area contributed by atoms with Crippen molar-refractivity contribution in [1.29, 1.82) is 0 Å². The van der Waals surface area contributed by atoms with E-state index in [-0.39, 0.29) is 21.9 Å². The molecular formula is C22H18ClF2N3O4S. The van der Waals surface area contributed by atoms with Crippen molar-refractivity contribution in [2.24, 2.45) is 0 Å². The average molecular weight is 494 g/mol. The molecule has 7 nitrogen and oxygen atoms in total. The second-order valence-electron chi connectivity index (χ2n) is 6.78. The van der Waals surface area contributed by atoms with Gasteiger partial charge in [-0.3, -0.25) is 9.19 Å². The molecule has 2 aromatic carbocycles. The van der Waals surface area contributed by atoms with Gasteiger partial charge in [-0.1, -0.05) is 41.9 Å². The Bertz CT molecular complexity index is 1290. The van der Waals surface area contributed by atoms with Crippen LogP contribution in [0.25, 0.3) is 11.0 Å². The second kappa shape index (κ2) is 10.1. The Morgan fingerprint density at radius 2 is 1.91 bits per heavy atom. The van der Waals surface area contributed by atoms with Gasteiger partial charge in [0.15, 0.2) is 11.5 Å². The molecule has 0 aliphatic heterocycles. The highest BCUT2D eigenvalue weighted by atomic mass is 35.5. The molecule has 0 saturated heterocycles. The number of methoxy groups -OCH3 is 1. The number of hydrogen-bond donors (Lipinski definition) is 0. The topological polar surface area (TPSA) is 75.5 Å². The number of ether oxygens (including phenoxy) is 2. The lowest BCUT2D eigenvalue weighted by molar-refractivity contribution is -0.136. The third-order valence-corrected chi connectivity index (χ3v) is 6.02. The molecule has 11 heteroatoms. The summed E-state index contributed by atoms with van der Waals surface area (Å²) in [4.78, 5) is 13.0. The molecule has 0 saturated carbocycles. The SMILES string of the molecule is COc1cnc(CS(=O)c2nc3cc(Cl)ccc3n2OC(F)F)cc1OCc1ccccc1. The molecule has 1 atom stereocenters. The lowest BCUT2D eigenvalue weighted by Crippen LogP contribution is -2.20. The first-order chi connectivity index (χ1) is 15.9. The quantitative estimate of drug-likeness (QED) is 0.338. The van der Waals surface area contributed by atoms with Crippen LogP contribution in [0, 0.1) is 0 Å². The molecule has 0 aliphatic carbocycles. The first-order valence-electron chi connectivity index (χ1n) is 9.66. The molecule has 0 amide bonds. The fourth-order valence-corrected chi connectivity index (χ4v) is 4.33. The summed E-state index contributed by atoms with van der Waals surface area (Å²) >= 11 is 5.97. The van der Waals surface area contributed by atoms with Crippen LogP contribution in [-0.4, -0.2) is 32.6 Å². The maximum Gasteiger partial charge on any atom is 0.405 e. The fraction of sp³-hybridized carbons (Fsp3) is 0.182. The molecule has 2 aromatic heterocycles. The van der Waals surface area contributed by atoms with Crippen molar-refractivity contribution in [2.75, 3.05) is 7.11 Å². The van der Waals surface area contributed by atoms with E-state index >= 15 is 0 Å². The second-order valence-corrected chi connectivity index (χ2v) is 8.56. The van der Waals surface area contributed by atoms with E-state index in [1.807, 2.05) is 30.3 Å². The van der Waals surface area contributed by atoms with Crippen LogP contribution in [0.2, 0.25) is 5.02 Å². The minimum atomic E-state index is -3.13. The third kappa shape index (κ3) is 5.40. The molecule has 4 rings (SSSR count). The van der Waals surface area contributed by atoms with Crippen molar-refractivity contribution < 1.29 is 27.3 Å². The molecule has 0 radical (unpaired) electrons. The third-order valence-electron chi connectivity index (χ3n) is 4.56. The van der Waals surface area contributed by atoms with Crippen molar-refractivity contribution in [3.05, 3.63) is 77.1 Å². The molecule has 4 aromatic rings. The molecule has 172 valence electrons. The molecule has 0 bridgehead atoms.